The molecule has 0 bridgehead atoms. The van der Waals surface area contributed by atoms with E-state index in [4.69, 9.17) is 5.11 Å². The maximum absolute atomic E-state index is 11.3. The normalized spacial score (nSPS) is 9.38. The van der Waals surface area contributed by atoms with Gasteiger partial charge in [0, 0.05) is 33.6 Å². The fourth-order valence-corrected chi connectivity index (χ4v) is 0.907. The molecule has 0 saturated carbocycles. The van der Waals surface area contributed by atoms with Crippen LogP contribution >= 0.6 is 0 Å². The number of aliphatic carboxylic acids is 1. The van der Waals surface area contributed by atoms with Crippen molar-refractivity contribution in [3.05, 3.63) is 0 Å². The zero-order valence-corrected chi connectivity index (χ0v) is 9.45. The van der Waals surface area contributed by atoms with Crippen LogP contribution in [0.4, 0.5) is 4.79 Å². The zero-order chi connectivity index (χ0) is 12.6. The SMILES string of the molecule is CNC(=O)CCN(C)C(=O)NCCC(=O)O. The number of hydrogen-bond acceptors (Lipinski definition) is 3. The average molecular weight is 231 g/mol. The van der Waals surface area contributed by atoms with E-state index in [-0.39, 0.29) is 31.3 Å². The largest absolute Gasteiger partial charge is 0.481 e. The van der Waals surface area contributed by atoms with Gasteiger partial charge in [0.15, 0.2) is 0 Å². The van der Waals surface area contributed by atoms with E-state index in [2.05, 4.69) is 10.6 Å². The maximum atomic E-state index is 11.3. The molecule has 16 heavy (non-hydrogen) atoms. The fraction of sp³-hybridized carbons (Fsp3) is 0.667. The van der Waals surface area contributed by atoms with Gasteiger partial charge in [-0.15, -0.1) is 0 Å². The summed E-state index contributed by atoms with van der Waals surface area (Å²) in [5, 5.41) is 13.2. The van der Waals surface area contributed by atoms with Crippen molar-refractivity contribution in [2.45, 2.75) is 12.8 Å². The van der Waals surface area contributed by atoms with Crippen LogP contribution in [0.5, 0.6) is 0 Å². The van der Waals surface area contributed by atoms with Crippen LogP contribution in [0.1, 0.15) is 12.8 Å². The lowest BCUT2D eigenvalue weighted by Crippen LogP contribution is -2.39. The van der Waals surface area contributed by atoms with Gasteiger partial charge >= 0.3 is 12.0 Å². The van der Waals surface area contributed by atoms with Crippen molar-refractivity contribution in [3.8, 4) is 0 Å². The summed E-state index contributed by atoms with van der Waals surface area (Å²) < 4.78 is 0. The number of carboxylic acid groups (broad SMARTS) is 1. The molecule has 92 valence electrons. The van der Waals surface area contributed by atoms with E-state index in [1.165, 1.54) is 11.9 Å². The molecule has 0 atom stereocenters. The molecule has 0 heterocycles. The Balaban J connectivity index is 3.73. The van der Waals surface area contributed by atoms with Gasteiger partial charge in [-0.25, -0.2) is 4.79 Å². The van der Waals surface area contributed by atoms with Gasteiger partial charge in [0.2, 0.25) is 5.91 Å². The highest BCUT2D eigenvalue weighted by Gasteiger charge is 2.09. The van der Waals surface area contributed by atoms with E-state index in [9.17, 15) is 14.4 Å². The van der Waals surface area contributed by atoms with Crippen molar-refractivity contribution in [2.24, 2.45) is 0 Å². The van der Waals surface area contributed by atoms with Gasteiger partial charge in [0.05, 0.1) is 6.42 Å². The van der Waals surface area contributed by atoms with Gasteiger partial charge < -0.3 is 20.6 Å². The number of rotatable bonds is 6. The first kappa shape index (κ1) is 14.2. The van der Waals surface area contributed by atoms with E-state index in [1.807, 2.05) is 0 Å². The van der Waals surface area contributed by atoms with Crippen LogP contribution in [0, 0.1) is 0 Å². The van der Waals surface area contributed by atoms with Crippen molar-refractivity contribution >= 4 is 17.9 Å². The molecule has 0 rings (SSSR count). The van der Waals surface area contributed by atoms with Gasteiger partial charge in [-0.1, -0.05) is 0 Å². The number of carbonyl (C=O) groups is 3. The molecule has 0 aliphatic rings. The summed E-state index contributed by atoms with van der Waals surface area (Å²) >= 11 is 0. The van der Waals surface area contributed by atoms with Crippen molar-refractivity contribution in [1.82, 2.24) is 15.5 Å². The Bertz CT molecular complexity index is 267. The van der Waals surface area contributed by atoms with Gasteiger partial charge in [0.25, 0.3) is 0 Å². The monoisotopic (exact) mass is 231 g/mol. The van der Waals surface area contributed by atoms with Crippen LogP contribution in [0.15, 0.2) is 0 Å². The zero-order valence-electron chi connectivity index (χ0n) is 9.45. The molecule has 0 aromatic carbocycles. The van der Waals surface area contributed by atoms with E-state index < -0.39 is 5.97 Å². The first-order valence-electron chi connectivity index (χ1n) is 4.88. The Kier molecular flexibility index (Phi) is 6.66. The van der Waals surface area contributed by atoms with Crippen LogP contribution in [0.3, 0.4) is 0 Å². The van der Waals surface area contributed by atoms with Gasteiger partial charge in [-0.05, 0) is 0 Å². The topological polar surface area (TPSA) is 98.7 Å². The number of carboxylic acids is 1. The van der Waals surface area contributed by atoms with E-state index in [1.54, 1.807) is 7.05 Å². The summed E-state index contributed by atoms with van der Waals surface area (Å²) in [5.41, 5.74) is 0. The molecule has 0 aromatic rings. The quantitative estimate of drug-likeness (QED) is 0.559. The standard InChI is InChI=1S/C9H17N3O4/c1-10-7(13)4-6-12(2)9(16)11-5-3-8(14)15/h3-6H2,1-2H3,(H,10,13)(H,11,16)(H,14,15). The number of amides is 3. The molecule has 0 spiro atoms. The molecule has 3 N–H and O–H groups in total. The third-order valence-electron chi connectivity index (χ3n) is 1.91. The molecule has 0 radical (unpaired) electrons. The summed E-state index contributed by atoms with van der Waals surface area (Å²) in [6, 6.07) is -0.384. The van der Waals surface area contributed by atoms with Gasteiger partial charge in [-0.2, -0.15) is 0 Å². The molecular formula is C9H17N3O4. The minimum absolute atomic E-state index is 0.0818. The van der Waals surface area contributed by atoms with Crippen LogP contribution in [-0.2, 0) is 9.59 Å². The summed E-state index contributed by atoms with van der Waals surface area (Å²) in [6.45, 7) is 0.372. The lowest BCUT2D eigenvalue weighted by Gasteiger charge is -2.16. The molecule has 7 nitrogen and oxygen atoms in total. The molecule has 0 saturated heterocycles. The number of hydrogen-bond donors (Lipinski definition) is 3. The van der Waals surface area contributed by atoms with Crippen LogP contribution < -0.4 is 10.6 Å². The van der Waals surface area contributed by atoms with E-state index in [0.717, 1.165) is 0 Å². The number of urea groups is 1. The Morgan fingerprint density at radius 3 is 2.38 bits per heavy atom. The highest BCUT2D eigenvalue weighted by atomic mass is 16.4. The molecule has 0 aliphatic heterocycles. The summed E-state index contributed by atoms with van der Waals surface area (Å²) in [4.78, 5) is 33.7. The fourth-order valence-electron chi connectivity index (χ4n) is 0.907. The molecule has 0 aromatic heterocycles. The molecule has 7 heteroatoms. The van der Waals surface area contributed by atoms with Crippen molar-refractivity contribution < 1.29 is 19.5 Å². The Morgan fingerprint density at radius 2 is 1.88 bits per heavy atom. The summed E-state index contributed by atoms with van der Waals surface area (Å²) in [7, 11) is 3.06. The number of nitrogens with zero attached hydrogens (tertiary/aromatic N) is 1. The van der Waals surface area contributed by atoms with E-state index in [0.29, 0.717) is 6.54 Å². The molecule has 0 fully saturated rings. The average Bonchev–Trinajstić information content (AvgIpc) is 2.24. The highest BCUT2D eigenvalue weighted by molar-refractivity contribution is 5.78. The second-order valence-electron chi connectivity index (χ2n) is 3.22. The third kappa shape index (κ3) is 6.63. The third-order valence-corrected chi connectivity index (χ3v) is 1.91. The van der Waals surface area contributed by atoms with Crippen LogP contribution in [-0.4, -0.2) is 55.1 Å². The number of carbonyl (C=O) groups excluding carboxylic acids is 2. The van der Waals surface area contributed by atoms with Gasteiger partial charge in [-0.3, -0.25) is 9.59 Å². The van der Waals surface area contributed by atoms with Crippen LogP contribution in [0.2, 0.25) is 0 Å². The first-order valence-corrected chi connectivity index (χ1v) is 4.88. The molecule has 0 unspecified atom stereocenters. The smallest absolute Gasteiger partial charge is 0.317 e. The van der Waals surface area contributed by atoms with E-state index >= 15 is 0 Å². The molecule has 0 aliphatic carbocycles. The van der Waals surface area contributed by atoms with Crippen molar-refractivity contribution in [2.75, 3.05) is 27.2 Å². The Morgan fingerprint density at radius 1 is 1.25 bits per heavy atom. The molecule has 3 amide bonds. The second kappa shape index (κ2) is 7.49. The minimum atomic E-state index is -0.965. The Hall–Kier alpha value is -1.79. The van der Waals surface area contributed by atoms with Crippen molar-refractivity contribution in [1.29, 1.82) is 0 Å². The summed E-state index contributed by atoms with van der Waals surface area (Å²) in [6.07, 6.45) is 0.106. The Labute approximate surface area is 93.8 Å². The first-order chi connectivity index (χ1) is 7.47. The lowest BCUT2D eigenvalue weighted by atomic mass is 10.4. The predicted octanol–water partition coefficient (Wildman–Crippen LogP) is -0.761. The predicted molar refractivity (Wildman–Crippen MR) is 57.0 cm³/mol. The van der Waals surface area contributed by atoms with Gasteiger partial charge in [0.1, 0.15) is 0 Å². The van der Waals surface area contributed by atoms with Crippen LogP contribution in [0.25, 0.3) is 0 Å². The minimum Gasteiger partial charge on any atom is -0.481 e. The lowest BCUT2D eigenvalue weighted by molar-refractivity contribution is -0.136. The second-order valence-corrected chi connectivity index (χ2v) is 3.22. The van der Waals surface area contributed by atoms with Crippen molar-refractivity contribution in [3.63, 3.8) is 0 Å². The number of nitrogens with one attached hydrogen (secondary N) is 2. The molecular weight excluding hydrogens is 214 g/mol. The maximum Gasteiger partial charge on any atom is 0.317 e. The summed E-state index contributed by atoms with van der Waals surface area (Å²) in [5.74, 6) is -1.11. The highest BCUT2D eigenvalue weighted by Crippen LogP contribution is 1.89.